The fraction of sp³-hybridized carbons (Fsp3) is 0.500. The van der Waals surface area contributed by atoms with Gasteiger partial charge in [-0.15, -0.1) is 0 Å². The molecule has 2 heterocycles. The van der Waals surface area contributed by atoms with E-state index in [9.17, 15) is 0 Å². The molecule has 4 heteroatoms. The molecule has 0 amide bonds. The molecule has 2 unspecified atom stereocenters. The topological polar surface area (TPSA) is 60.2 Å². The maximum atomic E-state index is 5.55. The third-order valence-electron chi connectivity index (χ3n) is 2.66. The van der Waals surface area contributed by atoms with Crippen molar-refractivity contribution in [3.8, 4) is 0 Å². The van der Waals surface area contributed by atoms with Gasteiger partial charge in [0.05, 0.1) is 12.6 Å². The van der Waals surface area contributed by atoms with Gasteiger partial charge in [0.1, 0.15) is 0 Å². The number of nitrogens with one attached hydrogen (secondary N) is 1. The van der Waals surface area contributed by atoms with Gasteiger partial charge >= 0.3 is 0 Å². The number of nitrogens with two attached hydrogens (primary N) is 1. The van der Waals surface area contributed by atoms with Crippen molar-refractivity contribution in [1.82, 2.24) is 10.4 Å². The molecule has 4 nitrogen and oxygen atoms in total. The summed E-state index contributed by atoms with van der Waals surface area (Å²) in [6, 6.07) is 4.12. The van der Waals surface area contributed by atoms with Crippen molar-refractivity contribution in [3.05, 3.63) is 30.1 Å². The first kappa shape index (κ1) is 9.58. The van der Waals surface area contributed by atoms with E-state index in [1.807, 2.05) is 18.3 Å². The monoisotopic (exact) mass is 193 g/mol. The zero-order chi connectivity index (χ0) is 9.80. The zero-order valence-corrected chi connectivity index (χ0v) is 8.02. The van der Waals surface area contributed by atoms with Gasteiger partial charge in [-0.25, -0.2) is 0 Å². The van der Waals surface area contributed by atoms with E-state index >= 15 is 0 Å². The van der Waals surface area contributed by atoms with Crippen LogP contribution in [0.15, 0.2) is 24.5 Å². The Labute approximate surface area is 83.4 Å². The Morgan fingerprint density at radius 2 is 2.57 bits per heavy atom. The van der Waals surface area contributed by atoms with Gasteiger partial charge in [-0.3, -0.25) is 16.3 Å². The predicted molar refractivity (Wildman–Crippen MR) is 53.2 cm³/mol. The molecule has 1 fully saturated rings. The molecular formula is C10H15N3O. The third kappa shape index (κ3) is 1.92. The summed E-state index contributed by atoms with van der Waals surface area (Å²) >= 11 is 0. The Bertz CT molecular complexity index is 272. The van der Waals surface area contributed by atoms with Gasteiger partial charge < -0.3 is 4.74 Å². The molecule has 1 saturated heterocycles. The van der Waals surface area contributed by atoms with Gasteiger partial charge in [-0.05, 0) is 18.1 Å². The Balaban J connectivity index is 2.12. The second-order valence-corrected chi connectivity index (χ2v) is 3.55. The quantitative estimate of drug-likeness (QED) is 0.546. The summed E-state index contributed by atoms with van der Waals surface area (Å²) in [7, 11) is 0. The van der Waals surface area contributed by atoms with Crippen molar-refractivity contribution in [2.24, 2.45) is 11.8 Å². The Morgan fingerprint density at radius 3 is 3.14 bits per heavy atom. The maximum Gasteiger partial charge on any atom is 0.0526 e. The first-order valence-corrected chi connectivity index (χ1v) is 4.85. The van der Waals surface area contributed by atoms with E-state index in [0.29, 0.717) is 5.92 Å². The smallest absolute Gasteiger partial charge is 0.0526 e. The maximum absolute atomic E-state index is 5.55. The van der Waals surface area contributed by atoms with Crippen molar-refractivity contribution in [3.63, 3.8) is 0 Å². The number of aromatic nitrogens is 1. The molecule has 76 valence electrons. The van der Waals surface area contributed by atoms with Gasteiger partial charge in [0.15, 0.2) is 0 Å². The van der Waals surface area contributed by atoms with E-state index in [-0.39, 0.29) is 6.04 Å². The molecule has 0 spiro atoms. The summed E-state index contributed by atoms with van der Waals surface area (Å²) in [6.07, 6.45) is 4.68. The molecule has 1 aliphatic rings. The predicted octanol–water partition coefficient (Wildman–Crippen LogP) is 0.622. The number of ether oxygens (including phenoxy) is 1. The number of hydrazine groups is 1. The van der Waals surface area contributed by atoms with Crippen LogP contribution in [0.5, 0.6) is 0 Å². The Morgan fingerprint density at radius 1 is 1.64 bits per heavy atom. The number of rotatable bonds is 3. The van der Waals surface area contributed by atoms with Gasteiger partial charge in [-0.1, -0.05) is 6.07 Å². The summed E-state index contributed by atoms with van der Waals surface area (Å²) in [6.45, 7) is 1.62. The molecule has 1 aliphatic heterocycles. The van der Waals surface area contributed by atoms with Crippen molar-refractivity contribution in [2.45, 2.75) is 12.5 Å². The molecule has 0 bridgehead atoms. The number of hydrogen-bond acceptors (Lipinski definition) is 4. The number of nitrogens with zero attached hydrogens (tertiary/aromatic N) is 1. The second kappa shape index (κ2) is 4.50. The molecular weight excluding hydrogens is 178 g/mol. The lowest BCUT2D eigenvalue weighted by atomic mass is 9.94. The van der Waals surface area contributed by atoms with Crippen LogP contribution < -0.4 is 11.3 Å². The first-order chi connectivity index (χ1) is 6.92. The van der Waals surface area contributed by atoms with E-state index < -0.39 is 0 Å². The molecule has 2 atom stereocenters. The van der Waals surface area contributed by atoms with Crippen LogP contribution in [0.3, 0.4) is 0 Å². The Kier molecular flexibility index (Phi) is 3.08. The molecule has 0 aliphatic carbocycles. The highest BCUT2D eigenvalue weighted by Gasteiger charge is 2.26. The van der Waals surface area contributed by atoms with E-state index in [0.717, 1.165) is 25.2 Å². The van der Waals surface area contributed by atoms with Crippen molar-refractivity contribution < 1.29 is 4.74 Å². The molecule has 1 aromatic heterocycles. The van der Waals surface area contributed by atoms with Crippen LogP contribution in [0.25, 0.3) is 0 Å². The van der Waals surface area contributed by atoms with Gasteiger partial charge in [0, 0.05) is 24.9 Å². The summed E-state index contributed by atoms with van der Waals surface area (Å²) < 4.78 is 5.35. The normalized spacial score (nSPS) is 23.6. The molecule has 1 aromatic rings. The highest BCUT2D eigenvalue weighted by molar-refractivity contribution is 5.15. The van der Waals surface area contributed by atoms with Crippen LogP contribution in [-0.2, 0) is 4.74 Å². The van der Waals surface area contributed by atoms with E-state index in [1.54, 1.807) is 6.20 Å². The summed E-state index contributed by atoms with van der Waals surface area (Å²) in [5.41, 5.74) is 3.97. The lowest BCUT2D eigenvalue weighted by Gasteiger charge is -2.21. The van der Waals surface area contributed by atoms with Crippen molar-refractivity contribution in [2.75, 3.05) is 13.2 Å². The average Bonchev–Trinajstić information content (AvgIpc) is 2.74. The van der Waals surface area contributed by atoms with Gasteiger partial charge in [0.2, 0.25) is 0 Å². The van der Waals surface area contributed by atoms with Crippen molar-refractivity contribution in [1.29, 1.82) is 0 Å². The third-order valence-corrected chi connectivity index (χ3v) is 2.66. The average molecular weight is 193 g/mol. The highest BCUT2D eigenvalue weighted by atomic mass is 16.5. The van der Waals surface area contributed by atoms with Crippen LogP contribution >= 0.6 is 0 Å². The van der Waals surface area contributed by atoms with Crippen LogP contribution in [0, 0.1) is 5.92 Å². The SMILES string of the molecule is NNC(c1cccnc1)C1CCOC1. The van der Waals surface area contributed by atoms with Crippen LogP contribution in [0.2, 0.25) is 0 Å². The molecule has 2 rings (SSSR count). The van der Waals surface area contributed by atoms with E-state index in [1.165, 1.54) is 0 Å². The number of hydrogen-bond donors (Lipinski definition) is 2. The Hall–Kier alpha value is -0.970. The minimum absolute atomic E-state index is 0.159. The fourth-order valence-corrected chi connectivity index (χ4v) is 1.88. The lowest BCUT2D eigenvalue weighted by molar-refractivity contribution is 0.176. The molecule has 3 N–H and O–H groups in total. The first-order valence-electron chi connectivity index (χ1n) is 4.85. The molecule has 0 saturated carbocycles. The lowest BCUT2D eigenvalue weighted by Crippen LogP contribution is -2.33. The minimum Gasteiger partial charge on any atom is -0.381 e. The van der Waals surface area contributed by atoms with Gasteiger partial charge in [0.25, 0.3) is 0 Å². The van der Waals surface area contributed by atoms with E-state index in [2.05, 4.69) is 10.4 Å². The van der Waals surface area contributed by atoms with Crippen LogP contribution in [-0.4, -0.2) is 18.2 Å². The minimum atomic E-state index is 0.159. The second-order valence-electron chi connectivity index (χ2n) is 3.55. The zero-order valence-electron chi connectivity index (χ0n) is 8.02. The standard InChI is InChI=1S/C10H15N3O/c11-13-10(9-3-5-14-7-9)8-2-1-4-12-6-8/h1-2,4,6,9-10,13H,3,5,7,11H2. The number of pyridine rings is 1. The molecule has 14 heavy (non-hydrogen) atoms. The fourth-order valence-electron chi connectivity index (χ4n) is 1.88. The van der Waals surface area contributed by atoms with Crippen LogP contribution in [0.1, 0.15) is 18.0 Å². The summed E-state index contributed by atoms with van der Waals surface area (Å²) in [5.74, 6) is 6.01. The van der Waals surface area contributed by atoms with E-state index in [4.69, 9.17) is 10.6 Å². The molecule has 0 radical (unpaired) electrons. The van der Waals surface area contributed by atoms with Gasteiger partial charge in [-0.2, -0.15) is 0 Å². The summed E-state index contributed by atoms with van der Waals surface area (Å²) in [5, 5.41) is 0. The van der Waals surface area contributed by atoms with Crippen LogP contribution in [0.4, 0.5) is 0 Å². The summed E-state index contributed by atoms with van der Waals surface area (Å²) in [4.78, 5) is 4.09. The van der Waals surface area contributed by atoms with Crippen molar-refractivity contribution >= 4 is 0 Å². The molecule has 0 aromatic carbocycles. The largest absolute Gasteiger partial charge is 0.381 e. The highest BCUT2D eigenvalue weighted by Crippen LogP contribution is 2.27.